The smallest absolute Gasteiger partial charge is 0.203 e. The number of ether oxygens (including phenoxy) is 3. The number of hydrogen-bond donors (Lipinski definition) is 0. The zero-order valence-corrected chi connectivity index (χ0v) is 13.8. The maximum atomic E-state index is 5.60. The second-order valence-electron chi connectivity index (χ2n) is 6.06. The van der Waals surface area contributed by atoms with Crippen LogP contribution in [0.1, 0.15) is 18.4 Å². The first-order chi connectivity index (χ1) is 10.8. The average molecular weight is 306 g/mol. The number of methoxy groups -OCH3 is 3. The number of benzene rings is 1. The van der Waals surface area contributed by atoms with Crippen molar-refractivity contribution in [2.75, 3.05) is 47.5 Å². The van der Waals surface area contributed by atoms with Gasteiger partial charge in [-0.3, -0.25) is 9.80 Å². The monoisotopic (exact) mass is 306 g/mol. The molecule has 0 aliphatic carbocycles. The Bertz CT molecular complexity index is 521. The summed E-state index contributed by atoms with van der Waals surface area (Å²) in [6, 6.07) is 4.78. The Labute approximate surface area is 132 Å². The highest BCUT2D eigenvalue weighted by molar-refractivity contribution is 5.55. The number of hydrogen-bond acceptors (Lipinski definition) is 5. The molecule has 2 aliphatic rings. The molecule has 2 heterocycles. The van der Waals surface area contributed by atoms with Crippen LogP contribution in [0.15, 0.2) is 12.1 Å². The molecule has 0 bridgehead atoms. The Hall–Kier alpha value is -1.46. The SMILES string of the molecule is COc1ccc(CN2CCN3CCC[C@H]3C2)c(OC)c1OC. The van der Waals surface area contributed by atoms with Crippen LogP contribution in [0.25, 0.3) is 0 Å². The summed E-state index contributed by atoms with van der Waals surface area (Å²) in [5.41, 5.74) is 1.16. The number of nitrogens with zero attached hydrogens (tertiary/aromatic N) is 2. The van der Waals surface area contributed by atoms with E-state index < -0.39 is 0 Å². The summed E-state index contributed by atoms with van der Waals surface area (Å²) in [6.07, 6.45) is 2.68. The van der Waals surface area contributed by atoms with Crippen LogP contribution >= 0.6 is 0 Å². The van der Waals surface area contributed by atoms with Gasteiger partial charge in [0.05, 0.1) is 21.3 Å². The van der Waals surface area contributed by atoms with Crippen LogP contribution in [0.5, 0.6) is 17.2 Å². The van der Waals surface area contributed by atoms with E-state index in [1.807, 2.05) is 6.07 Å². The molecule has 0 spiro atoms. The van der Waals surface area contributed by atoms with Gasteiger partial charge in [-0.1, -0.05) is 6.07 Å². The van der Waals surface area contributed by atoms with Gasteiger partial charge >= 0.3 is 0 Å². The Morgan fingerprint density at radius 2 is 1.82 bits per heavy atom. The first kappa shape index (κ1) is 15.4. The van der Waals surface area contributed by atoms with Gasteiger partial charge in [-0.2, -0.15) is 0 Å². The van der Waals surface area contributed by atoms with Gasteiger partial charge < -0.3 is 14.2 Å². The first-order valence-electron chi connectivity index (χ1n) is 8.01. The minimum absolute atomic E-state index is 0.682. The van der Waals surface area contributed by atoms with Crippen molar-refractivity contribution in [3.8, 4) is 17.2 Å². The molecule has 0 saturated carbocycles. The third kappa shape index (κ3) is 2.88. The lowest BCUT2D eigenvalue weighted by atomic mass is 10.1. The van der Waals surface area contributed by atoms with Gasteiger partial charge in [-0.15, -0.1) is 0 Å². The van der Waals surface area contributed by atoms with Gasteiger partial charge in [0, 0.05) is 37.8 Å². The molecule has 1 aromatic carbocycles. The van der Waals surface area contributed by atoms with Crippen LogP contribution in [0.3, 0.4) is 0 Å². The van der Waals surface area contributed by atoms with Crippen LogP contribution < -0.4 is 14.2 Å². The molecule has 2 saturated heterocycles. The van der Waals surface area contributed by atoms with Crippen molar-refractivity contribution in [1.29, 1.82) is 0 Å². The Morgan fingerprint density at radius 3 is 2.55 bits per heavy atom. The highest BCUT2D eigenvalue weighted by atomic mass is 16.5. The Kier molecular flexibility index (Phi) is 4.74. The molecule has 0 N–H and O–H groups in total. The van der Waals surface area contributed by atoms with Crippen molar-refractivity contribution in [2.45, 2.75) is 25.4 Å². The quantitative estimate of drug-likeness (QED) is 0.831. The van der Waals surface area contributed by atoms with Gasteiger partial charge in [0.15, 0.2) is 11.5 Å². The summed E-state index contributed by atoms with van der Waals surface area (Å²) in [5.74, 6) is 2.18. The van der Waals surface area contributed by atoms with Gasteiger partial charge in [-0.05, 0) is 25.5 Å². The van der Waals surface area contributed by atoms with Crippen molar-refractivity contribution < 1.29 is 14.2 Å². The maximum Gasteiger partial charge on any atom is 0.203 e. The zero-order valence-electron chi connectivity index (χ0n) is 13.8. The predicted molar refractivity (Wildman–Crippen MR) is 86.0 cm³/mol. The number of piperazine rings is 1. The third-order valence-electron chi connectivity index (χ3n) is 4.85. The van der Waals surface area contributed by atoms with Crippen LogP contribution in [0, 0.1) is 0 Å². The molecule has 0 aromatic heterocycles. The second-order valence-corrected chi connectivity index (χ2v) is 6.06. The van der Waals surface area contributed by atoms with E-state index in [-0.39, 0.29) is 0 Å². The van der Waals surface area contributed by atoms with E-state index in [1.54, 1.807) is 21.3 Å². The fourth-order valence-corrected chi connectivity index (χ4v) is 3.73. The van der Waals surface area contributed by atoms with Crippen LogP contribution in [-0.2, 0) is 6.54 Å². The van der Waals surface area contributed by atoms with E-state index in [0.717, 1.165) is 37.0 Å². The average Bonchev–Trinajstić information content (AvgIpc) is 3.01. The normalized spacial score (nSPS) is 22.4. The van der Waals surface area contributed by atoms with Crippen molar-refractivity contribution >= 4 is 0 Å². The number of fused-ring (bicyclic) bond motifs is 1. The summed E-state index contributed by atoms with van der Waals surface area (Å²) in [7, 11) is 4.99. The van der Waals surface area contributed by atoms with E-state index >= 15 is 0 Å². The van der Waals surface area contributed by atoms with E-state index in [0.29, 0.717) is 11.5 Å². The standard InChI is InChI=1S/C17H26N2O3/c1-20-15-7-6-13(16(21-2)17(15)22-3)11-18-9-10-19-8-4-5-14(19)12-18/h6-7,14H,4-5,8-12H2,1-3H3/t14-/m0/s1. The zero-order chi connectivity index (χ0) is 15.5. The molecule has 2 fully saturated rings. The maximum absolute atomic E-state index is 5.60. The topological polar surface area (TPSA) is 34.2 Å². The molecule has 5 heteroatoms. The third-order valence-corrected chi connectivity index (χ3v) is 4.85. The van der Waals surface area contributed by atoms with E-state index in [1.165, 1.54) is 25.9 Å². The molecule has 122 valence electrons. The van der Waals surface area contributed by atoms with Gasteiger partial charge in [0.1, 0.15) is 0 Å². The molecule has 3 rings (SSSR count). The number of rotatable bonds is 5. The molecule has 22 heavy (non-hydrogen) atoms. The van der Waals surface area contributed by atoms with E-state index in [2.05, 4.69) is 15.9 Å². The van der Waals surface area contributed by atoms with E-state index in [4.69, 9.17) is 14.2 Å². The molecule has 5 nitrogen and oxygen atoms in total. The lowest BCUT2D eigenvalue weighted by Gasteiger charge is -2.37. The molecule has 1 atom stereocenters. The van der Waals surface area contributed by atoms with Crippen LogP contribution in [0.2, 0.25) is 0 Å². The molecular weight excluding hydrogens is 280 g/mol. The Morgan fingerprint density at radius 1 is 1.00 bits per heavy atom. The van der Waals surface area contributed by atoms with Crippen molar-refractivity contribution in [3.63, 3.8) is 0 Å². The van der Waals surface area contributed by atoms with Crippen LogP contribution in [-0.4, -0.2) is 63.4 Å². The summed E-state index contributed by atoms with van der Waals surface area (Å²) in [5, 5.41) is 0. The summed E-state index contributed by atoms with van der Waals surface area (Å²) in [4.78, 5) is 5.15. The molecule has 1 aromatic rings. The summed E-state index contributed by atoms with van der Waals surface area (Å²) < 4.78 is 16.4. The lowest BCUT2D eigenvalue weighted by molar-refractivity contribution is 0.0986. The second kappa shape index (κ2) is 6.75. The fourth-order valence-electron chi connectivity index (χ4n) is 3.73. The van der Waals surface area contributed by atoms with Gasteiger partial charge in [0.25, 0.3) is 0 Å². The molecule has 0 amide bonds. The van der Waals surface area contributed by atoms with Gasteiger partial charge in [0.2, 0.25) is 5.75 Å². The molecule has 2 aliphatic heterocycles. The minimum atomic E-state index is 0.682. The highest BCUT2D eigenvalue weighted by Gasteiger charge is 2.31. The van der Waals surface area contributed by atoms with Crippen molar-refractivity contribution in [1.82, 2.24) is 9.80 Å². The van der Waals surface area contributed by atoms with E-state index in [9.17, 15) is 0 Å². The lowest BCUT2D eigenvalue weighted by Crippen LogP contribution is -2.49. The fraction of sp³-hybridized carbons (Fsp3) is 0.647. The van der Waals surface area contributed by atoms with Gasteiger partial charge in [-0.25, -0.2) is 0 Å². The van der Waals surface area contributed by atoms with Crippen molar-refractivity contribution in [3.05, 3.63) is 17.7 Å². The largest absolute Gasteiger partial charge is 0.493 e. The molecule has 0 radical (unpaired) electrons. The molecular formula is C17H26N2O3. The highest BCUT2D eigenvalue weighted by Crippen LogP contribution is 2.40. The first-order valence-corrected chi connectivity index (χ1v) is 8.01. The summed E-state index contributed by atoms with van der Waals surface area (Å²) in [6.45, 7) is 5.62. The molecule has 0 unspecified atom stereocenters. The van der Waals surface area contributed by atoms with Crippen molar-refractivity contribution in [2.24, 2.45) is 0 Å². The summed E-state index contributed by atoms with van der Waals surface area (Å²) >= 11 is 0. The van der Waals surface area contributed by atoms with Crippen LogP contribution in [0.4, 0.5) is 0 Å². The minimum Gasteiger partial charge on any atom is -0.493 e. The Balaban J connectivity index is 1.77. The predicted octanol–water partition coefficient (Wildman–Crippen LogP) is 1.99.